The van der Waals surface area contributed by atoms with Crippen LogP contribution in [0, 0.1) is 0 Å². The number of amides is 1. The third-order valence-corrected chi connectivity index (χ3v) is 5.22. The van der Waals surface area contributed by atoms with E-state index in [-0.39, 0.29) is 23.3 Å². The van der Waals surface area contributed by atoms with Gasteiger partial charge in [0.05, 0.1) is 29.0 Å². The maximum atomic E-state index is 12.8. The van der Waals surface area contributed by atoms with E-state index in [1.54, 1.807) is 23.0 Å². The Morgan fingerprint density at radius 1 is 1.30 bits per heavy atom. The maximum absolute atomic E-state index is 12.8. The van der Waals surface area contributed by atoms with Gasteiger partial charge in [0, 0.05) is 6.54 Å². The number of thioether (sulfide) groups is 1. The van der Waals surface area contributed by atoms with Crippen LogP contribution in [-0.4, -0.2) is 21.2 Å². The van der Waals surface area contributed by atoms with Gasteiger partial charge in [-0.1, -0.05) is 37.2 Å². The molecular formula is C20H23N3O3S. The van der Waals surface area contributed by atoms with Crippen LogP contribution in [0.15, 0.2) is 57.0 Å². The number of nitrogens with zero attached hydrogens (tertiary/aromatic N) is 2. The van der Waals surface area contributed by atoms with Gasteiger partial charge in [-0.2, -0.15) is 0 Å². The standard InChI is InChI=1S/C20H23N3O3S/c1-3-4-11-23-19(25)15-8-5-6-9-16(15)22-20(23)27-13-18(24)21-14(2)17-10-7-12-26-17/h5-10,12,14H,3-4,11,13H2,1-2H3,(H,21,24)/t14-/m1/s1. The molecule has 0 fully saturated rings. The van der Waals surface area contributed by atoms with Crippen molar-refractivity contribution in [3.63, 3.8) is 0 Å². The van der Waals surface area contributed by atoms with E-state index in [0.717, 1.165) is 12.8 Å². The van der Waals surface area contributed by atoms with Gasteiger partial charge in [0.15, 0.2) is 5.16 Å². The molecule has 3 aromatic rings. The van der Waals surface area contributed by atoms with Crippen molar-refractivity contribution >= 4 is 28.6 Å². The first-order chi connectivity index (χ1) is 13.1. The zero-order chi connectivity index (χ0) is 19.2. The summed E-state index contributed by atoms with van der Waals surface area (Å²) in [6, 6.07) is 10.7. The van der Waals surface area contributed by atoms with Gasteiger partial charge in [0.25, 0.3) is 5.56 Å². The Labute approximate surface area is 162 Å². The van der Waals surface area contributed by atoms with Crippen LogP contribution in [0.5, 0.6) is 0 Å². The minimum Gasteiger partial charge on any atom is -0.467 e. The second-order valence-corrected chi connectivity index (χ2v) is 7.26. The Hall–Kier alpha value is -2.54. The lowest BCUT2D eigenvalue weighted by molar-refractivity contribution is -0.119. The molecule has 0 spiro atoms. The molecule has 1 amide bonds. The minimum atomic E-state index is -0.208. The molecule has 1 N–H and O–H groups in total. The number of para-hydroxylation sites is 1. The van der Waals surface area contributed by atoms with Gasteiger partial charge >= 0.3 is 0 Å². The molecule has 3 rings (SSSR count). The Morgan fingerprint density at radius 2 is 2.11 bits per heavy atom. The van der Waals surface area contributed by atoms with E-state index in [1.165, 1.54) is 11.8 Å². The first kappa shape index (κ1) is 19.2. The quantitative estimate of drug-likeness (QED) is 0.472. The molecule has 0 unspecified atom stereocenters. The zero-order valence-corrected chi connectivity index (χ0v) is 16.3. The van der Waals surface area contributed by atoms with Crippen LogP contribution in [-0.2, 0) is 11.3 Å². The topological polar surface area (TPSA) is 77.1 Å². The van der Waals surface area contributed by atoms with Crippen molar-refractivity contribution < 1.29 is 9.21 Å². The van der Waals surface area contributed by atoms with E-state index in [1.807, 2.05) is 31.2 Å². The third-order valence-electron chi connectivity index (χ3n) is 4.24. The van der Waals surface area contributed by atoms with E-state index >= 15 is 0 Å². The number of unbranched alkanes of at least 4 members (excludes halogenated alkanes) is 1. The van der Waals surface area contributed by atoms with Crippen LogP contribution in [0.25, 0.3) is 10.9 Å². The van der Waals surface area contributed by atoms with E-state index in [4.69, 9.17) is 4.42 Å². The molecule has 0 aliphatic rings. The number of hydrogen-bond donors (Lipinski definition) is 1. The van der Waals surface area contributed by atoms with Gasteiger partial charge in [-0.15, -0.1) is 0 Å². The average Bonchev–Trinajstić information content (AvgIpc) is 3.21. The lowest BCUT2D eigenvalue weighted by Crippen LogP contribution is -2.29. The van der Waals surface area contributed by atoms with Crippen LogP contribution >= 0.6 is 11.8 Å². The molecule has 1 atom stereocenters. The highest BCUT2D eigenvalue weighted by molar-refractivity contribution is 7.99. The van der Waals surface area contributed by atoms with Crippen LogP contribution in [0.4, 0.5) is 0 Å². The van der Waals surface area contributed by atoms with E-state index in [2.05, 4.69) is 17.2 Å². The van der Waals surface area contributed by atoms with Crippen LogP contribution in [0.3, 0.4) is 0 Å². The molecule has 2 aromatic heterocycles. The molecule has 1 aromatic carbocycles. The molecule has 142 valence electrons. The lowest BCUT2D eigenvalue weighted by Gasteiger charge is -2.14. The van der Waals surface area contributed by atoms with Crippen molar-refractivity contribution in [2.24, 2.45) is 0 Å². The number of furan rings is 1. The maximum Gasteiger partial charge on any atom is 0.262 e. The second kappa shape index (κ2) is 8.90. The number of aromatic nitrogens is 2. The molecule has 0 aliphatic heterocycles. The number of carbonyl (C=O) groups excluding carboxylic acids is 1. The summed E-state index contributed by atoms with van der Waals surface area (Å²) < 4.78 is 6.99. The first-order valence-electron chi connectivity index (χ1n) is 9.05. The van der Waals surface area contributed by atoms with Crippen molar-refractivity contribution in [2.45, 2.75) is 44.4 Å². The van der Waals surface area contributed by atoms with Crippen LogP contribution in [0.2, 0.25) is 0 Å². The first-order valence-corrected chi connectivity index (χ1v) is 10.0. The minimum absolute atomic E-state index is 0.0547. The predicted molar refractivity (Wildman–Crippen MR) is 107 cm³/mol. The van der Waals surface area contributed by atoms with Gasteiger partial charge < -0.3 is 9.73 Å². The summed E-state index contributed by atoms with van der Waals surface area (Å²) in [6.45, 7) is 4.54. The molecule has 2 heterocycles. The zero-order valence-electron chi connectivity index (χ0n) is 15.5. The van der Waals surface area contributed by atoms with Gasteiger partial charge in [-0.3, -0.25) is 14.2 Å². The van der Waals surface area contributed by atoms with Crippen molar-refractivity contribution in [1.82, 2.24) is 14.9 Å². The Kier molecular flexibility index (Phi) is 6.34. The number of fused-ring (bicyclic) bond motifs is 1. The molecule has 0 radical (unpaired) electrons. The fraction of sp³-hybridized carbons (Fsp3) is 0.350. The number of benzene rings is 1. The van der Waals surface area contributed by atoms with E-state index in [9.17, 15) is 9.59 Å². The van der Waals surface area contributed by atoms with Crippen molar-refractivity contribution in [3.05, 3.63) is 58.8 Å². The van der Waals surface area contributed by atoms with Crippen molar-refractivity contribution in [1.29, 1.82) is 0 Å². The highest BCUT2D eigenvalue weighted by Gasteiger charge is 2.15. The molecule has 7 heteroatoms. The molecule has 0 saturated heterocycles. The second-order valence-electron chi connectivity index (χ2n) is 6.32. The van der Waals surface area contributed by atoms with Gasteiger partial charge in [0.2, 0.25) is 5.91 Å². The summed E-state index contributed by atoms with van der Waals surface area (Å²) in [6.07, 6.45) is 3.44. The predicted octanol–water partition coefficient (Wildman–Crippen LogP) is 3.76. The van der Waals surface area contributed by atoms with Gasteiger partial charge in [0.1, 0.15) is 5.76 Å². The average molecular weight is 385 g/mol. The largest absolute Gasteiger partial charge is 0.467 e. The molecule has 0 aliphatic carbocycles. The molecule has 27 heavy (non-hydrogen) atoms. The van der Waals surface area contributed by atoms with E-state index in [0.29, 0.717) is 28.4 Å². The SMILES string of the molecule is CCCCn1c(SCC(=O)N[C@H](C)c2ccco2)nc2ccccc2c1=O. The van der Waals surface area contributed by atoms with Crippen molar-refractivity contribution in [2.75, 3.05) is 5.75 Å². The van der Waals surface area contributed by atoms with E-state index < -0.39 is 0 Å². The molecule has 6 nitrogen and oxygen atoms in total. The normalized spacial score (nSPS) is 12.2. The highest BCUT2D eigenvalue weighted by atomic mass is 32.2. The van der Waals surface area contributed by atoms with Gasteiger partial charge in [-0.05, 0) is 37.6 Å². The summed E-state index contributed by atoms with van der Waals surface area (Å²) in [5.74, 6) is 0.757. The number of rotatable bonds is 8. The Balaban J connectivity index is 1.76. The number of carbonyl (C=O) groups is 1. The smallest absolute Gasteiger partial charge is 0.262 e. The summed E-state index contributed by atoms with van der Waals surface area (Å²) >= 11 is 1.28. The number of hydrogen-bond acceptors (Lipinski definition) is 5. The molecular weight excluding hydrogens is 362 g/mol. The lowest BCUT2D eigenvalue weighted by atomic mass is 10.2. The fourth-order valence-corrected chi connectivity index (χ4v) is 3.63. The molecule has 0 bridgehead atoms. The summed E-state index contributed by atoms with van der Waals surface area (Å²) in [4.78, 5) is 29.8. The fourth-order valence-electron chi connectivity index (χ4n) is 2.79. The summed E-state index contributed by atoms with van der Waals surface area (Å²) in [5.41, 5.74) is 0.600. The molecule has 0 saturated carbocycles. The Morgan fingerprint density at radius 3 is 2.85 bits per heavy atom. The highest BCUT2D eigenvalue weighted by Crippen LogP contribution is 2.19. The monoisotopic (exact) mass is 385 g/mol. The summed E-state index contributed by atoms with van der Waals surface area (Å²) in [5, 5.41) is 4.08. The summed E-state index contributed by atoms with van der Waals surface area (Å²) in [7, 11) is 0. The van der Waals surface area contributed by atoms with Crippen LogP contribution in [0.1, 0.15) is 38.5 Å². The van der Waals surface area contributed by atoms with Crippen molar-refractivity contribution in [3.8, 4) is 0 Å². The van der Waals surface area contributed by atoms with Crippen LogP contribution < -0.4 is 10.9 Å². The number of nitrogens with one attached hydrogen (secondary N) is 1. The Bertz CT molecular complexity index is 966. The van der Waals surface area contributed by atoms with Gasteiger partial charge in [-0.25, -0.2) is 4.98 Å². The third kappa shape index (κ3) is 4.60.